The van der Waals surface area contributed by atoms with Gasteiger partial charge < -0.3 is 0 Å². The van der Waals surface area contributed by atoms with Crippen molar-refractivity contribution in [2.75, 3.05) is 6.54 Å². The Kier molecular flexibility index (Phi) is 3.81. The Hall–Kier alpha value is -0.950. The smallest absolute Gasteiger partial charge is 0.243 e. The van der Waals surface area contributed by atoms with Crippen LogP contribution in [0, 0.1) is 0 Å². The molecule has 0 aromatic carbocycles. The van der Waals surface area contributed by atoms with Gasteiger partial charge in [-0.05, 0) is 35.1 Å². The van der Waals surface area contributed by atoms with Crippen LogP contribution in [-0.4, -0.2) is 24.3 Å². The third-order valence-electron chi connectivity index (χ3n) is 3.33. The molecule has 0 spiro atoms. The lowest BCUT2D eigenvalue weighted by atomic mass is 10.1. The number of halogens is 1. The molecule has 0 atom stereocenters. The zero-order chi connectivity index (χ0) is 14.2. The van der Waals surface area contributed by atoms with Crippen LogP contribution >= 0.6 is 22.9 Å². The average Bonchev–Trinajstić information content (AvgIpc) is 2.94. The highest BCUT2D eigenvalue weighted by Crippen LogP contribution is 2.27. The summed E-state index contributed by atoms with van der Waals surface area (Å²) in [5, 5.41) is 2.10. The van der Waals surface area contributed by atoms with E-state index in [1.165, 1.54) is 21.4 Å². The summed E-state index contributed by atoms with van der Waals surface area (Å²) in [6.45, 7) is 0.939. The average molecular weight is 329 g/mol. The molecule has 0 amide bonds. The summed E-state index contributed by atoms with van der Waals surface area (Å²) in [6.07, 6.45) is 2.28. The third-order valence-corrected chi connectivity index (χ3v) is 6.42. The summed E-state index contributed by atoms with van der Waals surface area (Å²) in [5.41, 5.74) is 1.91. The minimum atomic E-state index is -3.52. The summed E-state index contributed by atoms with van der Waals surface area (Å²) in [7, 11) is -3.52. The van der Waals surface area contributed by atoms with E-state index in [9.17, 15) is 8.42 Å². The van der Waals surface area contributed by atoms with E-state index in [0.717, 1.165) is 17.5 Å². The van der Waals surface area contributed by atoms with Gasteiger partial charge in [-0.15, -0.1) is 22.9 Å². The monoisotopic (exact) mass is 328 g/mol. The van der Waals surface area contributed by atoms with Gasteiger partial charge in [0.05, 0.1) is 0 Å². The van der Waals surface area contributed by atoms with Crippen LogP contribution in [0.25, 0.3) is 0 Å². The Labute approximate surface area is 127 Å². The summed E-state index contributed by atoms with van der Waals surface area (Å²) >= 11 is 7.37. The number of aromatic nitrogens is 1. The molecule has 3 rings (SSSR count). The molecule has 20 heavy (non-hydrogen) atoms. The molecule has 0 fully saturated rings. The molecule has 4 nitrogen and oxygen atoms in total. The minimum Gasteiger partial charge on any atom is -0.243 e. The molecule has 0 saturated carbocycles. The standard InChI is InChI=1S/C13H13ClN2O2S2/c14-7-10-1-2-13(15-8-10)20(17,18)16-5-3-12-11(9-16)4-6-19-12/h1-2,4,6,8H,3,5,7,9H2. The van der Waals surface area contributed by atoms with Gasteiger partial charge in [0.2, 0.25) is 0 Å². The number of thiophene rings is 1. The Balaban J connectivity index is 1.88. The largest absolute Gasteiger partial charge is 0.260 e. The van der Waals surface area contributed by atoms with Gasteiger partial charge in [-0.25, -0.2) is 13.4 Å². The molecule has 0 N–H and O–H groups in total. The highest BCUT2D eigenvalue weighted by molar-refractivity contribution is 7.89. The predicted molar refractivity (Wildman–Crippen MR) is 79.4 cm³/mol. The lowest BCUT2D eigenvalue weighted by molar-refractivity contribution is 0.392. The van der Waals surface area contributed by atoms with Gasteiger partial charge in [-0.1, -0.05) is 6.07 Å². The Morgan fingerprint density at radius 2 is 2.20 bits per heavy atom. The summed E-state index contributed by atoms with van der Waals surface area (Å²) < 4.78 is 26.6. The topological polar surface area (TPSA) is 50.3 Å². The fourth-order valence-corrected chi connectivity index (χ4v) is 4.58. The molecule has 0 unspecified atom stereocenters. The predicted octanol–water partition coefficient (Wildman–Crippen LogP) is 2.63. The fourth-order valence-electron chi connectivity index (χ4n) is 2.20. The normalized spacial score (nSPS) is 16.1. The van der Waals surface area contributed by atoms with E-state index in [0.29, 0.717) is 19.0 Å². The first kappa shape index (κ1) is 14.0. The highest BCUT2D eigenvalue weighted by Gasteiger charge is 2.29. The lowest BCUT2D eigenvalue weighted by Gasteiger charge is -2.25. The first-order chi connectivity index (χ1) is 9.61. The van der Waals surface area contributed by atoms with Crippen LogP contribution in [0.2, 0.25) is 0 Å². The van der Waals surface area contributed by atoms with Gasteiger partial charge in [-0.2, -0.15) is 4.31 Å². The Bertz CT molecular complexity index is 710. The van der Waals surface area contributed by atoms with Crippen molar-refractivity contribution in [3.63, 3.8) is 0 Å². The summed E-state index contributed by atoms with van der Waals surface area (Å²) in [5.74, 6) is 0.329. The van der Waals surface area contributed by atoms with Gasteiger partial charge in [-0.3, -0.25) is 0 Å². The van der Waals surface area contributed by atoms with E-state index in [4.69, 9.17) is 11.6 Å². The molecule has 0 bridgehead atoms. The van der Waals surface area contributed by atoms with E-state index in [1.807, 2.05) is 11.4 Å². The molecule has 0 radical (unpaired) electrons. The number of rotatable bonds is 3. The second-order valence-corrected chi connectivity index (χ2v) is 7.75. The Morgan fingerprint density at radius 3 is 2.90 bits per heavy atom. The van der Waals surface area contributed by atoms with Crippen LogP contribution in [0.3, 0.4) is 0 Å². The van der Waals surface area contributed by atoms with Gasteiger partial charge >= 0.3 is 0 Å². The zero-order valence-corrected chi connectivity index (χ0v) is 13.0. The zero-order valence-electron chi connectivity index (χ0n) is 10.6. The second kappa shape index (κ2) is 5.44. The van der Waals surface area contributed by atoms with Crippen LogP contribution in [-0.2, 0) is 28.9 Å². The maximum atomic E-state index is 12.6. The number of nitrogens with zero attached hydrogens (tertiary/aromatic N) is 2. The van der Waals surface area contributed by atoms with Crippen molar-refractivity contribution in [2.24, 2.45) is 0 Å². The molecular formula is C13H13ClN2O2S2. The molecule has 0 saturated heterocycles. The van der Waals surface area contributed by atoms with Crippen molar-refractivity contribution in [3.05, 3.63) is 45.8 Å². The number of pyridine rings is 1. The first-order valence-electron chi connectivity index (χ1n) is 6.17. The number of fused-ring (bicyclic) bond motifs is 1. The molecule has 2 aromatic heterocycles. The maximum Gasteiger partial charge on any atom is 0.260 e. The molecule has 106 valence electrons. The van der Waals surface area contributed by atoms with E-state index >= 15 is 0 Å². The fraction of sp³-hybridized carbons (Fsp3) is 0.308. The molecule has 3 heterocycles. The van der Waals surface area contributed by atoms with Crippen LogP contribution in [0.4, 0.5) is 0 Å². The molecule has 1 aliphatic heterocycles. The van der Waals surface area contributed by atoms with Crippen molar-refractivity contribution in [1.82, 2.24) is 9.29 Å². The molecule has 7 heteroatoms. The Morgan fingerprint density at radius 1 is 1.35 bits per heavy atom. The van der Waals surface area contributed by atoms with E-state index in [-0.39, 0.29) is 5.03 Å². The van der Waals surface area contributed by atoms with Crippen molar-refractivity contribution in [2.45, 2.75) is 23.9 Å². The van der Waals surface area contributed by atoms with Crippen molar-refractivity contribution < 1.29 is 8.42 Å². The molecule has 1 aliphatic rings. The quantitative estimate of drug-likeness (QED) is 0.814. The molecular weight excluding hydrogens is 316 g/mol. The van der Waals surface area contributed by atoms with Crippen LogP contribution in [0.1, 0.15) is 16.0 Å². The van der Waals surface area contributed by atoms with Gasteiger partial charge in [0, 0.05) is 30.0 Å². The van der Waals surface area contributed by atoms with Gasteiger partial charge in [0.15, 0.2) is 5.03 Å². The number of hydrogen-bond acceptors (Lipinski definition) is 4. The minimum absolute atomic E-state index is 0.0880. The number of alkyl halides is 1. The van der Waals surface area contributed by atoms with Crippen LogP contribution < -0.4 is 0 Å². The molecule has 0 aliphatic carbocycles. The summed E-state index contributed by atoms with van der Waals surface area (Å²) in [4.78, 5) is 5.31. The number of hydrogen-bond donors (Lipinski definition) is 0. The number of sulfonamides is 1. The second-order valence-electron chi connectivity index (χ2n) is 4.60. The van der Waals surface area contributed by atoms with Crippen LogP contribution in [0.15, 0.2) is 34.8 Å². The lowest BCUT2D eigenvalue weighted by Crippen LogP contribution is -2.35. The van der Waals surface area contributed by atoms with E-state index in [2.05, 4.69) is 4.98 Å². The summed E-state index contributed by atoms with van der Waals surface area (Å²) in [6, 6.07) is 5.22. The van der Waals surface area contributed by atoms with E-state index < -0.39 is 10.0 Å². The first-order valence-corrected chi connectivity index (χ1v) is 9.03. The van der Waals surface area contributed by atoms with Crippen molar-refractivity contribution in [1.29, 1.82) is 0 Å². The maximum absolute atomic E-state index is 12.6. The van der Waals surface area contributed by atoms with E-state index in [1.54, 1.807) is 17.4 Å². The van der Waals surface area contributed by atoms with Gasteiger partial charge in [0.1, 0.15) is 0 Å². The SMILES string of the molecule is O=S(=O)(c1ccc(CCl)cn1)N1CCc2sccc2C1. The highest BCUT2D eigenvalue weighted by atomic mass is 35.5. The molecule has 2 aromatic rings. The third kappa shape index (κ3) is 2.48. The van der Waals surface area contributed by atoms with Crippen LogP contribution in [0.5, 0.6) is 0 Å². The van der Waals surface area contributed by atoms with Crippen molar-refractivity contribution in [3.8, 4) is 0 Å². The van der Waals surface area contributed by atoms with Gasteiger partial charge in [0.25, 0.3) is 10.0 Å². The van der Waals surface area contributed by atoms with Crippen molar-refractivity contribution >= 4 is 33.0 Å².